The van der Waals surface area contributed by atoms with E-state index in [1.165, 1.54) is 4.90 Å². The number of aromatic nitrogens is 2. The molecule has 0 unspecified atom stereocenters. The van der Waals surface area contributed by atoms with Crippen molar-refractivity contribution in [3.8, 4) is 0 Å². The van der Waals surface area contributed by atoms with Crippen LogP contribution in [0.3, 0.4) is 0 Å². The predicted octanol–water partition coefficient (Wildman–Crippen LogP) is 6.10. The van der Waals surface area contributed by atoms with Crippen LogP contribution >= 0.6 is 0 Å². The number of amides is 2. The highest BCUT2D eigenvalue weighted by Gasteiger charge is 2.37. The fourth-order valence-electron chi connectivity index (χ4n) is 4.33. The summed E-state index contributed by atoms with van der Waals surface area (Å²) in [6, 6.07) is 2.84. The number of carbonyl (C=O) groups is 2. The van der Waals surface area contributed by atoms with Gasteiger partial charge in [0.2, 0.25) is 0 Å². The van der Waals surface area contributed by atoms with Crippen molar-refractivity contribution >= 4 is 17.8 Å². The van der Waals surface area contributed by atoms with E-state index in [9.17, 15) is 35.9 Å². The zero-order valence-corrected chi connectivity index (χ0v) is 22.0. The second-order valence-electron chi connectivity index (χ2n) is 10.6. The van der Waals surface area contributed by atoms with Crippen LogP contribution in [0.5, 0.6) is 0 Å². The molecule has 2 aliphatic heterocycles. The second kappa shape index (κ2) is 10.7. The summed E-state index contributed by atoms with van der Waals surface area (Å²) in [6.45, 7) is 5.94. The molecule has 40 heavy (non-hydrogen) atoms. The highest BCUT2D eigenvalue weighted by atomic mass is 19.4. The van der Waals surface area contributed by atoms with Gasteiger partial charge in [-0.1, -0.05) is 6.08 Å². The molecular formula is C26H28F6N4O4. The molecule has 0 atom stereocenters. The van der Waals surface area contributed by atoms with Crippen LogP contribution in [0, 0.1) is 0 Å². The van der Waals surface area contributed by atoms with Crippen LogP contribution in [0.15, 0.2) is 30.3 Å². The van der Waals surface area contributed by atoms with E-state index in [0.29, 0.717) is 49.6 Å². The first kappa shape index (κ1) is 29.3. The third kappa shape index (κ3) is 7.07. The van der Waals surface area contributed by atoms with Gasteiger partial charge in [-0.15, -0.1) is 0 Å². The summed E-state index contributed by atoms with van der Waals surface area (Å²) in [4.78, 5) is 28.0. The first-order valence-electron chi connectivity index (χ1n) is 12.4. The molecule has 0 saturated heterocycles. The zero-order chi connectivity index (χ0) is 29.5. The van der Waals surface area contributed by atoms with Crippen molar-refractivity contribution in [2.45, 2.75) is 64.8 Å². The molecular weight excluding hydrogens is 546 g/mol. The molecule has 1 aromatic heterocycles. The van der Waals surface area contributed by atoms with Gasteiger partial charge in [-0.2, -0.15) is 31.4 Å². The van der Waals surface area contributed by atoms with E-state index < -0.39 is 53.4 Å². The minimum absolute atomic E-state index is 0.0171. The summed E-state index contributed by atoms with van der Waals surface area (Å²) in [6.07, 6.45) is -8.72. The number of ether oxygens (including phenoxy) is 2. The van der Waals surface area contributed by atoms with Crippen molar-refractivity contribution in [3.63, 3.8) is 0 Å². The van der Waals surface area contributed by atoms with Gasteiger partial charge in [-0.25, -0.2) is 9.59 Å². The summed E-state index contributed by atoms with van der Waals surface area (Å²) in [7, 11) is 0. The zero-order valence-electron chi connectivity index (χ0n) is 22.0. The van der Waals surface area contributed by atoms with Crippen molar-refractivity contribution in [1.29, 1.82) is 0 Å². The van der Waals surface area contributed by atoms with Gasteiger partial charge in [0, 0.05) is 13.1 Å². The number of fused-ring (bicyclic) bond motifs is 1. The Kier molecular flexibility index (Phi) is 7.83. The van der Waals surface area contributed by atoms with Gasteiger partial charge in [0.1, 0.15) is 12.2 Å². The lowest BCUT2D eigenvalue weighted by molar-refractivity contribution is -0.143. The molecule has 218 valence electrons. The number of benzene rings is 1. The van der Waals surface area contributed by atoms with Crippen LogP contribution in [0.1, 0.15) is 55.3 Å². The van der Waals surface area contributed by atoms with Gasteiger partial charge in [0.25, 0.3) is 0 Å². The number of nitrogens with zero attached hydrogens (tertiary/aromatic N) is 4. The van der Waals surface area contributed by atoms with Crippen LogP contribution < -0.4 is 0 Å². The Morgan fingerprint density at radius 2 is 1.48 bits per heavy atom. The van der Waals surface area contributed by atoms with Crippen molar-refractivity contribution in [2.75, 3.05) is 19.6 Å². The quantitative estimate of drug-likeness (QED) is 0.415. The van der Waals surface area contributed by atoms with Gasteiger partial charge in [-0.05, 0) is 62.6 Å². The summed E-state index contributed by atoms with van der Waals surface area (Å²) < 4.78 is 90.9. The average Bonchev–Trinajstić information content (AvgIpc) is 3.29. The minimum Gasteiger partial charge on any atom is -0.445 e. The number of hydrogen-bond donors (Lipinski definition) is 0. The normalized spacial score (nSPS) is 16.4. The van der Waals surface area contributed by atoms with Gasteiger partial charge < -0.3 is 19.3 Å². The third-order valence-electron chi connectivity index (χ3n) is 6.20. The summed E-state index contributed by atoms with van der Waals surface area (Å²) >= 11 is 0. The molecule has 0 bridgehead atoms. The largest absolute Gasteiger partial charge is 0.445 e. The van der Waals surface area contributed by atoms with E-state index in [2.05, 4.69) is 5.10 Å². The molecule has 3 heterocycles. The van der Waals surface area contributed by atoms with Gasteiger partial charge in [0.15, 0.2) is 0 Å². The van der Waals surface area contributed by atoms with Crippen LogP contribution in [-0.2, 0) is 41.5 Å². The molecule has 4 rings (SSSR count). The Morgan fingerprint density at radius 1 is 0.850 bits per heavy atom. The van der Waals surface area contributed by atoms with E-state index in [0.717, 1.165) is 5.57 Å². The van der Waals surface area contributed by atoms with Crippen LogP contribution in [0.4, 0.5) is 35.9 Å². The first-order valence-corrected chi connectivity index (χ1v) is 12.4. The lowest BCUT2D eigenvalue weighted by Gasteiger charge is -2.29. The van der Waals surface area contributed by atoms with E-state index in [-0.39, 0.29) is 19.2 Å². The maximum Gasteiger partial charge on any atom is 0.416 e. The lowest BCUT2D eigenvalue weighted by atomic mass is 10.1. The monoisotopic (exact) mass is 574 g/mol. The smallest absolute Gasteiger partial charge is 0.416 e. The maximum atomic E-state index is 13.1. The Bertz CT molecular complexity index is 1280. The molecule has 2 aliphatic rings. The number of hydrogen-bond acceptors (Lipinski definition) is 5. The van der Waals surface area contributed by atoms with Crippen molar-refractivity contribution in [1.82, 2.24) is 19.6 Å². The summed E-state index contributed by atoms with van der Waals surface area (Å²) in [5, 5.41) is 4.57. The van der Waals surface area contributed by atoms with E-state index in [1.54, 1.807) is 36.4 Å². The Balaban J connectivity index is 1.40. The summed E-state index contributed by atoms with van der Waals surface area (Å²) in [5.74, 6) is 0. The van der Waals surface area contributed by atoms with Gasteiger partial charge in [-0.3, -0.25) is 4.68 Å². The number of rotatable bonds is 3. The predicted molar refractivity (Wildman–Crippen MR) is 130 cm³/mol. The van der Waals surface area contributed by atoms with E-state index in [4.69, 9.17) is 9.47 Å². The van der Waals surface area contributed by atoms with Crippen LogP contribution in [0.25, 0.3) is 5.57 Å². The number of carbonyl (C=O) groups excluding carboxylic acids is 2. The Hall–Kier alpha value is -3.71. The molecule has 14 heteroatoms. The lowest BCUT2D eigenvalue weighted by Crippen LogP contribution is -2.39. The average molecular weight is 575 g/mol. The van der Waals surface area contributed by atoms with Crippen LogP contribution in [0.2, 0.25) is 0 Å². The molecule has 0 fully saturated rings. The molecule has 0 radical (unpaired) electrons. The van der Waals surface area contributed by atoms with Gasteiger partial charge in [0.05, 0.1) is 42.1 Å². The SMILES string of the molecule is CC(C)(C)OC(=O)N1CCC=C(c2cc3n(n2)CCN(C(=O)OCc2cc(C(F)(F)F)cc(C(F)(F)F)c2)C3)C1. The fraction of sp³-hybridized carbons (Fsp3) is 0.500. The second-order valence-corrected chi connectivity index (χ2v) is 10.6. The molecule has 8 nitrogen and oxygen atoms in total. The minimum atomic E-state index is -5.00. The molecule has 0 saturated carbocycles. The van der Waals surface area contributed by atoms with E-state index >= 15 is 0 Å². The summed E-state index contributed by atoms with van der Waals surface area (Å²) in [5.41, 5.74) is -1.92. The van der Waals surface area contributed by atoms with Gasteiger partial charge >= 0.3 is 24.5 Å². The standard InChI is InChI=1S/C26H28F6N4O4/c1-24(2,3)40-23(38)34-6-4-5-17(13-34)21-12-20-14-35(7-8-36(20)33-21)22(37)39-15-16-9-18(25(27,28)29)11-19(10-16)26(30,31)32/h5,9-12H,4,6-8,13-15H2,1-3H3. The number of halogens is 6. The molecule has 0 aliphatic carbocycles. The molecule has 0 N–H and O–H groups in total. The molecule has 0 spiro atoms. The van der Waals surface area contributed by atoms with Crippen molar-refractivity contribution in [2.24, 2.45) is 0 Å². The van der Waals surface area contributed by atoms with E-state index in [1.807, 2.05) is 6.08 Å². The Morgan fingerprint density at radius 3 is 2.08 bits per heavy atom. The van der Waals surface area contributed by atoms with Crippen molar-refractivity contribution in [3.05, 3.63) is 58.4 Å². The molecule has 2 aromatic rings. The molecule has 1 aromatic carbocycles. The Labute approximate surface area is 226 Å². The fourth-order valence-corrected chi connectivity index (χ4v) is 4.33. The number of alkyl halides is 6. The maximum absolute atomic E-state index is 13.1. The highest BCUT2D eigenvalue weighted by molar-refractivity contribution is 5.74. The topological polar surface area (TPSA) is 76.9 Å². The first-order chi connectivity index (χ1) is 18.5. The van der Waals surface area contributed by atoms with Crippen molar-refractivity contribution < 1.29 is 45.4 Å². The third-order valence-corrected chi connectivity index (χ3v) is 6.20. The highest BCUT2D eigenvalue weighted by Crippen LogP contribution is 2.36. The van der Waals surface area contributed by atoms with Crippen LogP contribution in [-0.4, -0.2) is 57.0 Å². The molecule has 2 amide bonds.